The van der Waals surface area contributed by atoms with E-state index >= 15 is 0 Å². The summed E-state index contributed by atoms with van der Waals surface area (Å²) in [4.78, 5) is 52.3. The highest BCUT2D eigenvalue weighted by molar-refractivity contribution is 6.31. The molecule has 1 aliphatic heterocycles. The standard InChI is InChI=1S/C24H29ClN2O6/c1-13(2)9-19(27-22(29)15-7-5-6-8-16(15)23(27)30)24(31)33-12-21(28)26-18-10-14(3)17(25)11-20(18)32-4/h5-6,10-11,13,15-16,19H,7-9,12H2,1-4H3,(H,26,28). The maximum absolute atomic E-state index is 12.9. The fraction of sp³-hybridized carbons (Fsp3) is 0.500. The van der Waals surface area contributed by atoms with E-state index in [2.05, 4.69) is 5.32 Å². The van der Waals surface area contributed by atoms with Gasteiger partial charge in [-0.1, -0.05) is 37.6 Å². The molecule has 2 aliphatic rings. The number of likely N-dealkylation sites (tertiary alicyclic amines) is 1. The number of rotatable bonds is 8. The number of benzene rings is 1. The van der Waals surface area contributed by atoms with E-state index in [1.54, 1.807) is 19.1 Å². The van der Waals surface area contributed by atoms with Gasteiger partial charge in [-0.2, -0.15) is 0 Å². The smallest absolute Gasteiger partial charge is 0.329 e. The van der Waals surface area contributed by atoms with Crippen molar-refractivity contribution in [2.75, 3.05) is 19.0 Å². The van der Waals surface area contributed by atoms with E-state index in [1.165, 1.54) is 7.11 Å². The van der Waals surface area contributed by atoms with Gasteiger partial charge >= 0.3 is 5.97 Å². The first-order valence-corrected chi connectivity index (χ1v) is 11.3. The third kappa shape index (κ3) is 5.38. The van der Waals surface area contributed by atoms with Crippen molar-refractivity contribution in [2.24, 2.45) is 17.8 Å². The first-order valence-electron chi connectivity index (χ1n) is 11.0. The van der Waals surface area contributed by atoms with Crippen LogP contribution in [-0.2, 0) is 23.9 Å². The molecule has 0 saturated carbocycles. The Kier molecular flexibility index (Phi) is 7.79. The Balaban J connectivity index is 1.69. The number of anilines is 1. The summed E-state index contributed by atoms with van der Waals surface area (Å²) in [6.45, 7) is 5.00. The number of allylic oxidation sites excluding steroid dienone is 2. The number of aryl methyl sites for hydroxylation is 1. The average Bonchev–Trinajstić information content (AvgIpc) is 3.03. The summed E-state index contributed by atoms with van der Waals surface area (Å²) in [5.74, 6) is -2.52. The van der Waals surface area contributed by atoms with Crippen LogP contribution in [0.2, 0.25) is 5.02 Å². The van der Waals surface area contributed by atoms with Crippen LogP contribution in [0.3, 0.4) is 0 Å². The van der Waals surface area contributed by atoms with Crippen LogP contribution in [0.1, 0.15) is 38.7 Å². The molecule has 33 heavy (non-hydrogen) atoms. The Hall–Kier alpha value is -2.87. The Bertz CT molecular complexity index is 963. The van der Waals surface area contributed by atoms with E-state index in [-0.39, 0.29) is 24.2 Å². The van der Waals surface area contributed by atoms with Gasteiger partial charge in [0.2, 0.25) is 11.8 Å². The number of nitrogens with one attached hydrogen (secondary N) is 1. The molecule has 3 rings (SSSR count). The third-order valence-electron chi connectivity index (χ3n) is 5.92. The fourth-order valence-electron chi connectivity index (χ4n) is 4.24. The number of methoxy groups -OCH3 is 1. The number of fused-ring (bicyclic) bond motifs is 1. The first-order chi connectivity index (χ1) is 15.6. The molecular weight excluding hydrogens is 448 g/mol. The molecule has 1 fully saturated rings. The molecule has 1 aliphatic carbocycles. The second kappa shape index (κ2) is 10.4. The van der Waals surface area contributed by atoms with Gasteiger partial charge in [-0.15, -0.1) is 0 Å². The van der Waals surface area contributed by atoms with Gasteiger partial charge in [0.05, 0.1) is 24.6 Å². The van der Waals surface area contributed by atoms with Gasteiger partial charge in [0.25, 0.3) is 5.91 Å². The fourth-order valence-corrected chi connectivity index (χ4v) is 4.39. The van der Waals surface area contributed by atoms with Crippen LogP contribution >= 0.6 is 11.6 Å². The molecule has 0 bridgehead atoms. The predicted molar refractivity (Wildman–Crippen MR) is 123 cm³/mol. The molecule has 1 heterocycles. The molecule has 1 aromatic rings. The van der Waals surface area contributed by atoms with Gasteiger partial charge in [0, 0.05) is 11.1 Å². The topological polar surface area (TPSA) is 102 Å². The number of hydrogen-bond donors (Lipinski definition) is 1. The van der Waals surface area contributed by atoms with Gasteiger partial charge in [0.1, 0.15) is 11.8 Å². The summed E-state index contributed by atoms with van der Waals surface area (Å²) in [7, 11) is 1.45. The van der Waals surface area contributed by atoms with Gasteiger partial charge in [0.15, 0.2) is 6.61 Å². The number of esters is 1. The first kappa shape index (κ1) is 24.8. The van der Waals surface area contributed by atoms with E-state index in [4.69, 9.17) is 21.1 Å². The minimum atomic E-state index is -1.06. The molecule has 8 nitrogen and oxygen atoms in total. The van der Waals surface area contributed by atoms with Gasteiger partial charge in [-0.25, -0.2) is 4.79 Å². The lowest BCUT2D eigenvalue weighted by molar-refractivity contribution is -0.160. The zero-order valence-electron chi connectivity index (χ0n) is 19.2. The number of nitrogens with zero attached hydrogens (tertiary/aromatic N) is 1. The minimum absolute atomic E-state index is 0.0269. The Morgan fingerprint density at radius 2 is 1.76 bits per heavy atom. The third-order valence-corrected chi connectivity index (χ3v) is 6.33. The van der Waals surface area contributed by atoms with Crippen molar-refractivity contribution in [3.8, 4) is 5.75 Å². The van der Waals surface area contributed by atoms with E-state index in [0.29, 0.717) is 29.3 Å². The van der Waals surface area contributed by atoms with Crippen LogP contribution < -0.4 is 10.1 Å². The van der Waals surface area contributed by atoms with Crippen LogP contribution in [0.25, 0.3) is 0 Å². The number of halogens is 1. The lowest BCUT2D eigenvalue weighted by Gasteiger charge is -2.26. The van der Waals surface area contributed by atoms with Crippen LogP contribution in [0, 0.1) is 24.7 Å². The normalized spacial score (nSPS) is 20.6. The molecule has 1 N–H and O–H groups in total. The van der Waals surface area contributed by atoms with Gasteiger partial charge in [-0.05, 0) is 43.7 Å². The van der Waals surface area contributed by atoms with Crippen molar-refractivity contribution in [3.63, 3.8) is 0 Å². The predicted octanol–water partition coefficient (Wildman–Crippen LogP) is 3.50. The zero-order valence-corrected chi connectivity index (χ0v) is 20.0. The number of hydrogen-bond acceptors (Lipinski definition) is 6. The summed E-state index contributed by atoms with van der Waals surface area (Å²) in [6.07, 6.45) is 5.01. The van der Waals surface area contributed by atoms with E-state index in [1.807, 2.05) is 26.0 Å². The second-order valence-electron chi connectivity index (χ2n) is 8.81. The van der Waals surface area contributed by atoms with Crippen LogP contribution in [-0.4, -0.2) is 48.3 Å². The molecule has 178 valence electrons. The van der Waals surface area contributed by atoms with Crippen LogP contribution in [0.5, 0.6) is 5.75 Å². The largest absolute Gasteiger partial charge is 0.495 e. The summed E-state index contributed by atoms with van der Waals surface area (Å²) < 4.78 is 10.5. The van der Waals surface area contributed by atoms with Crippen LogP contribution in [0.4, 0.5) is 5.69 Å². The highest BCUT2D eigenvalue weighted by Gasteiger charge is 2.51. The molecule has 0 radical (unpaired) electrons. The Morgan fingerprint density at radius 1 is 1.15 bits per heavy atom. The van der Waals surface area contributed by atoms with E-state index in [0.717, 1.165) is 10.5 Å². The van der Waals surface area contributed by atoms with Crippen molar-refractivity contribution < 1.29 is 28.7 Å². The number of imide groups is 1. The summed E-state index contributed by atoms with van der Waals surface area (Å²) >= 11 is 6.09. The molecule has 3 atom stereocenters. The van der Waals surface area contributed by atoms with Crippen LogP contribution in [0.15, 0.2) is 24.3 Å². The highest BCUT2D eigenvalue weighted by atomic mass is 35.5. The summed E-state index contributed by atoms with van der Waals surface area (Å²) in [5, 5.41) is 3.13. The summed E-state index contributed by atoms with van der Waals surface area (Å²) in [5.41, 5.74) is 1.13. The van der Waals surface area contributed by atoms with E-state index < -0.39 is 36.4 Å². The Morgan fingerprint density at radius 3 is 2.30 bits per heavy atom. The lowest BCUT2D eigenvalue weighted by atomic mass is 9.85. The van der Waals surface area contributed by atoms with E-state index in [9.17, 15) is 19.2 Å². The van der Waals surface area contributed by atoms with Gasteiger partial charge < -0.3 is 14.8 Å². The maximum Gasteiger partial charge on any atom is 0.329 e. The number of carbonyl (C=O) groups excluding carboxylic acids is 4. The quantitative estimate of drug-likeness (QED) is 0.350. The molecule has 3 amide bonds. The maximum atomic E-state index is 12.9. The highest BCUT2D eigenvalue weighted by Crippen LogP contribution is 2.37. The van der Waals surface area contributed by atoms with Crippen molar-refractivity contribution in [3.05, 3.63) is 34.9 Å². The second-order valence-corrected chi connectivity index (χ2v) is 9.21. The van der Waals surface area contributed by atoms with Gasteiger partial charge in [-0.3, -0.25) is 19.3 Å². The van der Waals surface area contributed by atoms with Crippen molar-refractivity contribution in [1.29, 1.82) is 0 Å². The molecule has 0 spiro atoms. The van der Waals surface area contributed by atoms with Crippen molar-refractivity contribution in [2.45, 2.75) is 46.1 Å². The number of carbonyl (C=O) groups is 4. The molecule has 9 heteroatoms. The molecule has 3 unspecified atom stereocenters. The average molecular weight is 477 g/mol. The number of amides is 3. The number of ether oxygens (including phenoxy) is 2. The Labute approximate surface area is 198 Å². The van der Waals surface area contributed by atoms with Crippen molar-refractivity contribution in [1.82, 2.24) is 4.90 Å². The monoisotopic (exact) mass is 476 g/mol. The molecule has 1 saturated heterocycles. The SMILES string of the molecule is COc1cc(Cl)c(C)cc1NC(=O)COC(=O)C(CC(C)C)N1C(=O)C2CC=CCC2C1=O. The van der Waals surface area contributed by atoms with Crippen molar-refractivity contribution >= 4 is 41.0 Å². The lowest BCUT2D eigenvalue weighted by Crippen LogP contribution is -2.47. The molecule has 1 aromatic carbocycles. The minimum Gasteiger partial charge on any atom is -0.495 e. The molecular formula is C24H29ClN2O6. The molecule has 0 aromatic heterocycles. The summed E-state index contributed by atoms with van der Waals surface area (Å²) in [6, 6.07) is 2.17. The zero-order chi connectivity index (χ0) is 24.3.